The number of hydrogen-bond donors (Lipinski definition) is 1. The molecule has 1 N–H and O–H groups in total. The first-order chi connectivity index (χ1) is 15.7. The summed E-state index contributed by atoms with van der Waals surface area (Å²) in [6.07, 6.45) is -3.30. The van der Waals surface area contributed by atoms with E-state index >= 15 is 0 Å². The molecule has 0 amide bonds. The quantitative estimate of drug-likeness (QED) is 0.260. The molecule has 3 rings (SSSR count). The van der Waals surface area contributed by atoms with Gasteiger partial charge < -0.3 is 0 Å². The van der Waals surface area contributed by atoms with Gasteiger partial charge in [-0.1, -0.05) is 0 Å². The molecule has 0 bridgehead atoms. The van der Waals surface area contributed by atoms with E-state index < -0.39 is 68.7 Å². The molecule has 2 heterocycles. The Morgan fingerprint density at radius 3 is 2.24 bits per heavy atom. The second-order valence-corrected chi connectivity index (χ2v) is 9.43. The van der Waals surface area contributed by atoms with Gasteiger partial charge in [0, 0.05) is 0 Å². The van der Waals surface area contributed by atoms with Crippen LogP contribution in [0.4, 0.5) is 0 Å². The van der Waals surface area contributed by atoms with Gasteiger partial charge in [0.1, 0.15) is 0 Å². The third-order valence-corrected chi connectivity index (χ3v) is 6.66. The summed E-state index contributed by atoms with van der Waals surface area (Å²) in [4.78, 5) is 62.1. The number of aromatic amines is 1. The molecular formula is C21H22N2O9Se. The third kappa shape index (κ3) is 6.19. The average Bonchev–Trinajstić information content (AvgIpc) is 3.05. The van der Waals surface area contributed by atoms with Crippen molar-refractivity contribution < 1.29 is 33.3 Å². The molecule has 4 atom stereocenters. The Kier molecular flexibility index (Phi) is 7.85. The number of carbonyl (C=O) groups is 3. The normalized spacial score (nSPS) is 21.9. The van der Waals surface area contributed by atoms with E-state index in [1.165, 1.54) is 13.1 Å². The van der Waals surface area contributed by atoms with Gasteiger partial charge in [-0.25, -0.2) is 0 Å². The Morgan fingerprint density at radius 1 is 1.00 bits per heavy atom. The average molecular weight is 525 g/mol. The van der Waals surface area contributed by atoms with Crippen LogP contribution in [0.25, 0.3) is 0 Å². The third-order valence-electron chi connectivity index (χ3n) is 4.52. The molecule has 2 aromatic rings. The fraction of sp³-hybridized carbons (Fsp3) is 0.381. The van der Waals surface area contributed by atoms with Gasteiger partial charge in [0.15, 0.2) is 0 Å². The second kappa shape index (κ2) is 10.6. The molecule has 12 heteroatoms. The monoisotopic (exact) mass is 526 g/mol. The van der Waals surface area contributed by atoms with E-state index in [0.717, 1.165) is 22.9 Å². The predicted molar refractivity (Wildman–Crippen MR) is 114 cm³/mol. The van der Waals surface area contributed by atoms with Crippen LogP contribution >= 0.6 is 0 Å². The minimum absolute atomic E-state index is 0.305. The number of nitrogens with zero attached hydrogens (tertiary/aromatic N) is 1. The number of rotatable bonds is 7. The SMILES string of the molecule is CC(=O)OC[C@H]1O[C@@H](n2cc([Se]c3ccccc3)c(=O)[nH]c2=O)[C@H](OC(C)=O)[C@@H]1OC(C)=O. The van der Waals surface area contributed by atoms with Crippen LogP contribution in [0, 0.1) is 0 Å². The van der Waals surface area contributed by atoms with Gasteiger partial charge in [0.2, 0.25) is 0 Å². The molecule has 1 aromatic carbocycles. The van der Waals surface area contributed by atoms with Crippen molar-refractivity contribution in [1.82, 2.24) is 9.55 Å². The number of ether oxygens (including phenoxy) is 4. The van der Waals surface area contributed by atoms with Crippen LogP contribution in [0.3, 0.4) is 0 Å². The molecule has 11 nitrogen and oxygen atoms in total. The zero-order chi connectivity index (χ0) is 24.1. The molecule has 1 aromatic heterocycles. The molecule has 0 unspecified atom stereocenters. The summed E-state index contributed by atoms with van der Waals surface area (Å²) in [7, 11) is 0. The van der Waals surface area contributed by atoms with Crippen LogP contribution in [-0.2, 0) is 33.3 Å². The van der Waals surface area contributed by atoms with Crippen LogP contribution in [0.1, 0.15) is 27.0 Å². The summed E-state index contributed by atoms with van der Waals surface area (Å²) in [5.74, 6) is -1.98. The molecule has 0 saturated carbocycles. The van der Waals surface area contributed by atoms with E-state index in [1.807, 2.05) is 30.3 Å². The van der Waals surface area contributed by atoms with Crippen LogP contribution in [-0.4, -0.2) is 67.3 Å². The van der Waals surface area contributed by atoms with Crippen molar-refractivity contribution in [2.75, 3.05) is 6.61 Å². The maximum atomic E-state index is 12.7. The zero-order valence-electron chi connectivity index (χ0n) is 18.0. The first kappa shape index (κ1) is 24.4. The summed E-state index contributed by atoms with van der Waals surface area (Å²) in [6.45, 7) is 3.20. The molecule has 176 valence electrons. The first-order valence-corrected chi connectivity index (χ1v) is 11.6. The summed E-state index contributed by atoms with van der Waals surface area (Å²) < 4.78 is 23.8. The number of carbonyl (C=O) groups excluding carboxylic acids is 3. The van der Waals surface area contributed by atoms with Crippen molar-refractivity contribution in [1.29, 1.82) is 0 Å². The topological polar surface area (TPSA) is 143 Å². The maximum absolute atomic E-state index is 12.7. The van der Waals surface area contributed by atoms with Gasteiger partial charge >= 0.3 is 194 Å². The number of hydrogen-bond acceptors (Lipinski definition) is 9. The number of H-pyrrole nitrogens is 1. The van der Waals surface area contributed by atoms with Crippen molar-refractivity contribution >= 4 is 41.8 Å². The van der Waals surface area contributed by atoms with Gasteiger partial charge in [-0.05, 0) is 0 Å². The van der Waals surface area contributed by atoms with Crippen molar-refractivity contribution in [3.63, 3.8) is 0 Å². The predicted octanol–water partition coefficient (Wildman–Crippen LogP) is -1.48. The van der Waals surface area contributed by atoms with Gasteiger partial charge in [0.05, 0.1) is 0 Å². The standard InChI is InChI=1S/C21H22N2O9Se/c1-11(24)29-10-15-17(30-12(2)25)18(31-13(3)26)20(32-15)23-9-16(19(27)22-21(23)28)33-14-7-5-4-6-8-14/h4-9,15,17-18,20H,10H2,1-3H3,(H,22,27,28)/t15-,17-,18-,20-/m1/s1. The van der Waals surface area contributed by atoms with E-state index in [4.69, 9.17) is 18.9 Å². The summed E-state index contributed by atoms with van der Waals surface area (Å²) in [5, 5.41) is 0. The Bertz CT molecular complexity index is 1140. The fourth-order valence-corrected chi connectivity index (χ4v) is 5.06. The van der Waals surface area contributed by atoms with E-state index in [2.05, 4.69) is 4.98 Å². The van der Waals surface area contributed by atoms with E-state index in [1.54, 1.807) is 0 Å². The molecule has 0 aliphatic carbocycles. The van der Waals surface area contributed by atoms with Crippen LogP contribution in [0.15, 0.2) is 46.1 Å². The molecule has 1 aliphatic heterocycles. The first-order valence-electron chi connectivity index (χ1n) is 9.87. The summed E-state index contributed by atoms with van der Waals surface area (Å²) >= 11 is -0.438. The molecular weight excluding hydrogens is 503 g/mol. The van der Waals surface area contributed by atoms with Crippen molar-refractivity contribution in [3.05, 3.63) is 57.4 Å². The number of esters is 3. The van der Waals surface area contributed by atoms with E-state index in [9.17, 15) is 24.0 Å². The van der Waals surface area contributed by atoms with Gasteiger partial charge in [-0.15, -0.1) is 0 Å². The zero-order valence-corrected chi connectivity index (χ0v) is 19.7. The van der Waals surface area contributed by atoms with Crippen LogP contribution < -0.4 is 20.2 Å². The number of aromatic nitrogens is 2. The van der Waals surface area contributed by atoms with Gasteiger partial charge in [-0.3, -0.25) is 0 Å². The van der Waals surface area contributed by atoms with Gasteiger partial charge in [-0.2, -0.15) is 0 Å². The van der Waals surface area contributed by atoms with Crippen molar-refractivity contribution in [2.24, 2.45) is 0 Å². The number of benzene rings is 1. The van der Waals surface area contributed by atoms with Gasteiger partial charge in [0.25, 0.3) is 0 Å². The Labute approximate surface area is 194 Å². The Morgan fingerprint density at radius 2 is 1.64 bits per heavy atom. The van der Waals surface area contributed by atoms with E-state index in [-0.39, 0.29) is 6.61 Å². The second-order valence-electron chi connectivity index (χ2n) is 7.09. The molecule has 1 aliphatic rings. The summed E-state index contributed by atoms with van der Waals surface area (Å²) in [5.41, 5.74) is -1.35. The molecule has 33 heavy (non-hydrogen) atoms. The number of nitrogens with one attached hydrogen (secondary N) is 1. The Hall–Kier alpha value is -3.21. The van der Waals surface area contributed by atoms with Crippen molar-refractivity contribution in [3.8, 4) is 0 Å². The molecule has 1 saturated heterocycles. The van der Waals surface area contributed by atoms with Crippen molar-refractivity contribution in [2.45, 2.75) is 45.3 Å². The fourth-order valence-electron chi connectivity index (χ4n) is 3.26. The minimum atomic E-state index is -1.24. The summed E-state index contributed by atoms with van der Waals surface area (Å²) in [6, 6.07) is 9.23. The molecule has 1 fully saturated rings. The Balaban J connectivity index is 2.02. The van der Waals surface area contributed by atoms with Crippen LogP contribution in [0.2, 0.25) is 0 Å². The van der Waals surface area contributed by atoms with Crippen LogP contribution in [0.5, 0.6) is 0 Å². The van der Waals surface area contributed by atoms with E-state index in [0.29, 0.717) is 4.46 Å². The molecule has 0 spiro atoms. The molecule has 0 radical (unpaired) electrons.